The lowest BCUT2D eigenvalue weighted by Crippen LogP contribution is -2.11. The summed E-state index contributed by atoms with van der Waals surface area (Å²) in [7, 11) is 0. The molecule has 51 heavy (non-hydrogen) atoms. The predicted octanol–water partition coefficient (Wildman–Crippen LogP) is 14.0. The summed E-state index contributed by atoms with van der Waals surface area (Å²) in [5.74, 6) is 0. The zero-order valence-corrected chi connectivity index (χ0v) is 27.7. The maximum atomic E-state index is 6.49. The van der Waals surface area contributed by atoms with Crippen LogP contribution in [0.1, 0.15) is 0 Å². The number of furan rings is 2. The van der Waals surface area contributed by atoms with Crippen LogP contribution in [0.3, 0.4) is 0 Å². The van der Waals surface area contributed by atoms with Crippen molar-refractivity contribution >= 4 is 60.9 Å². The lowest BCUT2D eigenvalue weighted by atomic mass is 9.98. The second-order valence-electron chi connectivity index (χ2n) is 12.9. The van der Waals surface area contributed by atoms with Gasteiger partial charge in [0.05, 0.1) is 5.69 Å². The number of para-hydroxylation sites is 3. The molecule has 0 atom stereocenters. The molecule has 3 heteroatoms. The molecule has 240 valence electrons. The van der Waals surface area contributed by atoms with Crippen molar-refractivity contribution in [3.05, 3.63) is 188 Å². The van der Waals surface area contributed by atoms with Crippen LogP contribution in [0.5, 0.6) is 0 Å². The Bertz CT molecular complexity index is 2830. The third kappa shape index (κ3) is 4.98. The first kappa shape index (κ1) is 29.1. The van der Waals surface area contributed by atoms with Crippen molar-refractivity contribution in [3.8, 4) is 33.4 Å². The van der Waals surface area contributed by atoms with Gasteiger partial charge in [-0.3, -0.25) is 0 Å². The highest BCUT2D eigenvalue weighted by molar-refractivity contribution is 6.10. The molecular weight excluding hydrogens is 623 g/mol. The van der Waals surface area contributed by atoms with Gasteiger partial charge in [0, 0.05) is 50.1 Å². The number of benzene rings is 8. The van der Waals surface area contributed by atoms with E-state index in [1.165, 1.54) is 11.1 Å². The first-order valence-electron chi connectivity index (χ1n) is 17.3. The summed E-state index contributed by atoms with van der Waals surface area (Å²) in [6, 6.07) is 66.2. The van der Waals surface area contributed by atoms with Crippen LogP contribution < -0.4 is 4.90 Å². The van der Waals surface area contributed by atoms with Gasteiger partial charge < -0.3 is 13.7 Å². The fourth-order valence-corrected chi connectivity index (χ4v) is 7.42. The largest absolute Gasteiger partial charge is 0.456 e. The minimum absolute atomic E-state index is 0.852. The van der Waals surface area contributed by atoms with E-state index in [2.05, 4.69) is 169 Å². The lowest BCUT2D eigenvalue weighted by Gasteiger charge is -2.28. The van der Waals surface area contributed by atoms with Crippen LogP contribution in [0.25, 0.3) is 77.3 Å². The van der Waals surface area contributed by atoms with Crippen molar-refractivity contribution in [1.29, 1.82) is 0 Å². The highest BCUT2D eigenvalue weighted by atomic mass is 16.3. The standard InChI is InChI=1S/C48H31NO2/c1-3-12-32(13-4-1)33-22-26-36(27-23-33)49(37-28-24-35(25-29-37)38-18-11-19-41-39-16-7-10-21-46(39)51-48(38)41)44-31-47-43(40-17-8-9-20-45(40)50-47)30-42(44)34-14-5-2-6-15-34/h1-31H. The van der Waals surface area contributed by atoms with E-state index in [4.69, 9.17) is 8.83 Å². The van der Waals surface area contributed by atoms with E-state index in [0.717, 1.165) is 83.2 Å². The quantitative estimate of drug-likeness (QED) is 0.179. The summed E-state index contributed by atoms with van der Waals surface area (Å²) in [4.78, 5) is 2.34. The minimum Gasteiger partial charge on any atom is -0.456 e. The van der Waals surface area contributed by atoms with Gasteiger partial charge in [0.1, 0.15) is 22.3 Å². The average molecular weight is 654 g/mol. The first-order chi connectivity index (χ1) is 25.3. The Labute approximate surface area is 295 Å². The van der Waals surface area contributed by atoms with Gasteiger partial charge in [-0.15, -0.1) is 0 Å². The molecule has 8 aromatic carbocycles. The van der Waals surface area contributed by atoms with Crippen LogP contribution in [-0.2, 0) is 0 Å². The number of hydrogen-bond acceptors (Lipinski definition) is 3. The Morgan fingerprint density at radius 1 is 0.314 bits per heavy atom. The molecule has 0 unspecified atom stereocenters. The summed E-state index contributed by atoms with van der Waals surface area (Å²) >= 11 is 0. The fraction of sp³-hybridized carbons (Fsp3) is 0. The average Bonchev–Trinajstić information content (AvgIpc) is 3.77. The molecule has 0 saturated carbocycles. The number of fused-ring (bicyclic) bond motifs is 6. The number of nitrogens with zero attached hydrogens (tertiary/aromatic N) is 1. The van der Waals surface area contributed by atoms with Crippen LogP contribution in [0.4, 0.5) is 17.1 Å². The summed E-state index contributed by atoms with van der Waals surface area (Å²) in [6.07, 6.45) is 0. The monoisotopic (exact) mass is 653 g/mol. The molecule has 0 aliphatic carbocycles. The summed E-state index contributed by atoms with van der Waals surface area (Å²) in [5, 5.41) is 4.46. The molecule has 3 nitrogen and oxygen atoms in total. The first-order valence-corrected chi connectivity index (χ1v) is 17.3. The molecule has 0 spiro atoms. The molecule has 0 aliphatic heterocycles. The van der Waals surface area contributed by atoms with Gasteiger partial charge in [0.2, 0.25) is 0 Å². The maximum Gasteiger partial charge on any atom is 0.143 e. The highest BCUT2D eigenvalue weighted by Crippen LogP contribution is 2.46. The molecular formula is C48H31NO2. The fourth-order valence-electron chi connectivity index (χ4n) is 7.42. The number of anilines is 3. The summed E-state index contributed by atoms with van der Waals surface area (Å²) in [6.45, 7) is 0. The molecule has 2 heterocycles. The second kappa shape index (κ2) is 11.9. The minimum atomic E-state index is 0.852. The zero-order valence-electron chi connectivity index (χ0n) is 27.7. The normalized spacial score (nSPS) is 11.5. The molecule has 0 fully saturated rings. The van der Waals surface area contributed by atoms with Crippen molar-refractivity contribution in [3.63, 3.8) is 0 Å². The van der Waals surface area contributed by atoms with E-state index in [1.54, 1.807) is 0 Å². The smallest absolute Gasteiger partial charge is 0.143 e. The molecule has 0 bridgehead atoms. The topological polar surface area (TPSA) is 29.5 Å². The van der Waals surface area contributed by atoms with Crippen LogP contribution in [0, 0.1) is 0 Å². The SMILES string of the molecule is c1ccc(-c2ccc(N(c3ccc(-c4cccc5c4oc4ccccc45)cc3)c3cc4oc5ccccc5c4cc3-c3ccccc3)cc2)cc1. The Morgan fingerprint density at radius 2 is 0.824 bits per heavy atom. The van der Waals surface area contributed by atoms with Crippen molar-refractivity contribution < 1.29 is 8.83 Å². The molecule has 0 amide bonds. The van der Waals surface area contributed by atoms with E-state index in [-0.39, 0.29) is 0 Å². The lowest BCUT2D eigenvalue weighted by molar-refractivity contribution is 0.669. The maximum absolute atomic E-state index is 6.49. The van der Waals surface area contributed by atoms with Crippen molar-refractivity contribution in [2.45, 2.75) is 0 Å². The molecule has 0 radical (unpaired) electrons. The van der Waals surface area contributed by atoms with Gasteiger partial charge >= 0.3 is 0 Å². The number of rotatable bonds is 6. The Balaban J connectivity index is 1.17. The Kier molecular flexibility index (Phi) is 6.81. The van der Waals surface area contributed by atoms with E-state index in [9.17, 15) is 0 Å². The van der Waals surface area contributed by atoms with Gasteiger partial charge in [0.25, 0.3) is 0 Å². The summed E-state index contributed by atoms with van der Waals surface area (Å²) < 4.78 is 12.9. The van der Waals surface area contributed by atoms with Gasteiger partial charge in [0.15, 0.2) is 0 Å². The Hall–Kier alpha value is -6.84. The summed E-state index contributed by atoms with van der Waals surface area (Å²) in [5.41, 5.74) is 13.4. The van der Waals surface area contributed by atoms with Gasteiger partial charge in [-0.05, 0) is 64.7 Å². The zero-order chi connectivity index (χ0) is 33.7. The van der Waals surface area contributed by atoms with Crippen molar-refractivity contribution in [1.82, 2.24) is 0 Å². The van der Waals surface area contributed by atoms with Crippen molar-refractivity contribution in [2.75, 3.05) is 4.90 Å². The Morgan fingerprint density at radius 3 is 1.51 bits per heavy atom. The van der Waals surface area contributed by atoms with Crippen LogP contribution in [0.2, 0.25) is 0 Å². The van der Waals surface area contributed by atoms with Gasteiger partial charge in [-0.1, -0.05) is 140 Å². The number of hydrogen-bond donors (Lipinski definition) is 0. The second-order valence-corrected chi connectivity index (χ2v) is 12.9. The molecule has 0 saturated heterocycles. The van der Waals surface area contributed by atoms with E-state index in [0.29, 0.717) is 0 Å². The molecule has 0 N–H and O–H groups in total. The van der Waals surface area contributed by atoms with Crippen molar-refractivity contribution in [2.24, 2.45) is 0 Å². The van der Waals surface area contributed by atoms with E-state index in [1.807, 2.05) is 24.3 Å². The molecule has 2 aromatic heterocycles. The van der Waals surface area contributed by atoms with Gasteiger partial charge in [-0.25, -0.2) is 0 Å². The molecule has 0 aliphatic rings. The van der Waals surface area contributed by atoms with Crippen LogP contribution >= 0.6 is 0 Å². The van der Waals surface area contributed by atoms with Crippen LogP contribution in [0.15, 0.2) is 197 Å². The van der Waals surface area contributed by atoms with Crippen LogP contribution in [-0.4, -0.2) is 0 Å². The predicted molar refractivity (Wildman–Crippen MR) is 212 cm³/mol. The molecule has 10 rings (SSSR count). The van der Waals surface area contributed by atoms with Gasteiger partial charge in [-0.2, -0.15) is 0 Å². The third-order valence-electron chi connectivity index (χ3n) is 9.89. The third-order valence-corrected chi connectivity index (χ3v) is 9.89. The molecule has 10 aromatic rings. The highest BCUT2D eigenvalue weighted by Gasteiger charge is 2.21. The van der Waals surface area contributed by atoms with E-state index < -0.39 is 0 Å². The van der Waals surface area contributed by atoms with E-state index >= 15 is 0 Å².